The Morgan fingerprint density at radius 2 is 2.28 bits per heavy atom. The number of halogens is 1. The second-order valence-corrected chi connectivity index (χ2v) is 4.24. The minimum Gasteiger partial charge on any atom is -0.342 e. The molecule has 1 N–H and O–H groups in total. The molecular weight excluding hydrogens is 254 g/mol. The number of hydrogen-bond donors (Lipinski definition) is 1. The second kappa shape index (κ2) is 4.78. The van der Waals surface area contributed by atoms with Gasteiger partial charge in [0.25, 0.3) is 11.5 Å². The summed E-state index contributed by atoms with van der Waals surface area (Å²) in [6.07, 6.45) is 1.55. The number of pyridine rings is 2. The smallest absolute Gasteiger partial charge is 0.263 e. The van der Waals surface area contributed by atoms with Gasteiger partial charge in [-0.05, 0) is 19.1 Å². The van der Waals surface area contributed by atoms with Crippen LogP contribution in [0.5, 0.6) is 0 Å². The summed E-state index contributed by atoms with van der Waals surface area (Å²) in [5.41, 5.74) is -0.179. The van der Waals surface area contributed by atoms with Crippen LogP contribution in [0, 0.1) is 0 Å². The van der Waals surface area contributed by atoms with E-state index in [9.17, 15) is 9.59 Å². The monoisotopic (exact) mass is 265 g/mol. The zero-order valence-electron chi connectivity index (χ0n) is 10.0. The molecule has 0 spiro atoms. The van der Waals surface area contributed by atoms with Crippen molar-refractivity contribution in [2.24, 2.45) is 0 Å². The Bertz CT molecular complexity index is 666. The van der Waals surface area contributed by atoms with Crippen LogP contribution < -0.4 is 5.56 Å². The summed E-state index contributed by atoms with van der Waals surface area (Å²) < 4.78 is 0. The van der Waals surface area contributed by atoms with Crippen molar-refractivity contribution in [2.45, 2.75) is 6.92 Å². The highest BCUT2D eigenvalue weighted by molar-refractivity contribution is 6.38. The number of nitrogens with zero attached hydrogens (tertiary/aromatic N) is 2. The van der Waals surface area contributed by atoms with Crippen molar-refractivity contribution in [3.8, 4) is 0 Å². The van der Waals surface area contributed by atoms with Crippen molar-refractivity contribution in [3.63, 3.8) is 0 Å². The fourth-order valence-corrected chi connectivity index (χ4v) is 1.93. The lowest BCUT2D eigenvalue weighted by atomic mass is 10.2. The number of aromatic amines is 1. The van der Waals surface area contributed by atoms with Crippen molar-refractivity contribution in [1.82, 2.24) is 14.9 Å². The fraction of sp³-hybridized carbons (Fsp3) is 0.250. The van der Waals surface area contributed by atoms with E-state index in [-0.39, 0.29) is 10.6 Å². The second-order valence-electron chi connectivity index (χ2n) is 3.86. The van der Waals surface area contributed by atoms with Gasteiger partial charge in [-0.15, -0.1) is 0 Å². The standard InChI is InChI=1S/C12H12ClN3O2/c1-3-16(2)12(18)8-9(13)7-5-4-6-14-10(7)15-11(8)17/h4-6H,3H2,1-2H3,(H,14,15,17). The summed E-state index contributed by atoms with van der Waals surface area (Å²) in [7, 11) is 1.62. The Hall–Kier alpha value is -1.88. The quantitative estimate of drug-likeness (QED) is 0.898. The molecule has 0 aliphatic carbocycles. The predicted octanol–water partition coefficient (Wildman–Crippen LogP) is 1.67. The molecule has 0 aliphatic heterocycles. The minimum absolute atomic E-state index is 0.0403. The van der Waals surface area contributed by atoms with E-state index in [0.29, 0.717) is 17.6 Å². The van der Waals surface area contributed by atoms with Gasteiger partial charge in [0.15, 0.2) is 0 Å². The van der Waals surface area contributed by atoms with E-state index in [4.69, 9.17) is 11.6 Å². The number of hydrogen-bond acceptors (Lipinski definition) is 3. The van der Waals surface area contributed by atoms with Gasteiger partial charge in [-0.2, -0.15) is 0 Å². The van der Waals surface area contributed by atoms with E-state index in [1.165, 1.54) is 4.90 Å². The van der Waals surface area contributed by atoms with Crippen LogP contribution in [0.3, 0.4) is 0 Å². The van der Waals surface area contributed by atoms with Crippen molar-refractivity contribution in [1.29, 1.82) is 0 Å². The molecule has 2 rings (SSSR count). The molecule has 5 nitrogen and oxygen atoms in total. The summed E-state index contributed by atoms with van der Waals surface area (Å²) in [5, 5.41) is 0.707. The van der Waals surface area contributed by atoms with Crippen LogP contribution >= 0.6 is 11.6 Å². The largest absolute Gasteiger partial charge is 0.342 e. The topological polar surface area (TPSA) is 66.1 Å². The SMILES string of the molecule is CCN(C)C(=O)c1c(Cl)c2cccnc2[nH]c1=O. The molecule has 0 saturated carbocycles. The van der Waals surface area contributed by atoms with E-state index in [1.54, 1.807) is 25.4 Å². The highest BCUT2D eigenvalue weighted by Gasteiger charge is 2.20. The Morgan fingerprint density at radius 1 is 1.56 bits per heavy atom. The molecule has 94 valence electrons. The fourth-order valence-electron chi connectivity index (χ4n) is 1.61. The third-order valence-electron chi connectivity index (χ3n) is 2.76. The van der Waals surface area contributed by atoms with E-state index < -0.39 is 11.5 Å². The number of H-pyrrole nitrogens is 1. The number of carbonyl (C=O) groups is 1. The lowest BCUT2D eigenvalue weighted by Crippen LogP contribution is -2.32. The molecule has 2 heterocycles. The summed E-state index contributed by atoms with van der Waals surface area (Å²) in [6.45, 7) is 2.32. The molecule has 2 aromatic rings. The maximum absolute atomic E-state index is 12.1. The highest BCUT2D eigenvalue weighted by Crippen LogP contribution is 2.22. The Kier molecular flexibility index (Phi) is 3.34. The molecule has 0 fully saturated rings. The van der Waals surface area contributed by atoms with Gasteiger partial charge in [-0.3, -0.25) is 9.59 Å². The lowest BCUT2D eigenvalue weighted by molar-refractivity contribution is 0.0801. The summed E-state index contributed by atoms with van der Waals surface area (Å²) in [5.74, 6) is -0.394. The molecule has 0 unspecified atom stereocenters. The minimum atomic E-state index is -0.517. The van der Waals surface area contributed by atoms with Crippen molar-refractivity contribution >= 4 is 28.5 Å². The number of fused-ring (bicyclic) bond motifs is 1. The van der Waals surface area contributed by atoms with E-state index in [1.807, 2.05) is 6.92 Å². The van der Waals surface area contributed by atoms with Gasteiger partial charge in [-0.25, -0.2) is 4.98 Å². The highest BCUT2D eigenvalue weighted by atomic mass is 35.5. The van der Waals surface area contributed by atoms with Crippen LogP contribution in [0.15, 0.2) is 23.1 Å². The lowest BCUT2D eigenvalue weighted by Gasteiger charge is -2.15. The third-order valence-corrected chi connectivity index (χ3v) is 3.15. The molecule has 1 amide bonds. The Labute approximate surface area is 108 Å². The van der Waals surface area contributed by atoms with Gasteiger partial charge in [-0.1, -0.05) is 11.6 Å². The molecule has 6 heteroatoms. The number of rotatable bonds is 2. The van der Waals surface area contributed by atoms with Crippen LogP contribution in [0.1, 0.15) is 17.3 Å². The first-order valence-corrected chi connectivity index (χ1v) is 5.86. The normalized spacial score (nSPS) is 10.6. The number of aromatic nitrogens is 2. The molecule has 0 aromatic carbocycles. The van der Waals surface area contributed by atoms with Gasteiger partial charge in [0.05, 0.1) is 5.02 Å². The van der Waals surface area contributed by atoms with E-state index in [2.05, 4.69) is 9.97 Å². The number of carbonyl (C=O) groups excluding carboxylic acids is 1. The molecule has 0 saturated heterocycles. The first-order valence-electron chi connectivity index (χ1n) is 5.48. The maximum Gasteiger partial charge on any atom is 0.263 e. The molecular formula is C12H12ClN3O2. The number of nitrogens with one attached hydrogen (secondary N) is 1. The average molecular weight is 266 g/mol. The molecule has 18 heavy (non-hydrogen) atoms. The summed E-state index contributed by atoms with van der Waals surface area (Å²) in [6, 6.07) is 3.41. The van der Waals surface area contributed by atoms with Crippen LogP contribution in [0.2, 0.25) is 5.02 Å². The van der Waals surface area contributed by atoms with Crippen molar-refractivity contribution in [3.05, 3.63) is 39.3 Å². The van der Waals surface area contributed by atoms with Crippen LogP contribution in [0.4, 0.5) is 0 Å². The van der Waals surface area contributed by atoms with E-state index >= 15 is 0 Å². The molecule has 0 atom stereocenters. The van der Waals surface area contributed by atoms with Crippen molar-refractivity contribution in [2.75, 3.05) is 13.6 Å². The first kappa shape index (κ1) is 12.6. The molecule has 0 bridgehead atoms. The number of amides is 1. The zero-order chi connectivity index (χ0) is 13.3. The average Bonchev–Trinajstić information content (AvgIpc) is 2.37. The van der Waals surface area contributed by atoms with Crippen molar-refractivity contribution < 1.29 is 4.79 Å². The van der Waals surface area contributed by atoms with Crippen LogP contribution in [-0.4, -0.2) is 34.4 Å². The van der Waals surface area contributed by atoms with Crippen LogP contribution in [0.25, 0.3) is 11.0 Å². The molecule has 0 radical (unpaired) electrons. The predicted molar refractivity (Wildman–Crippen MR) is 70.0 cm³/mol. The van der Waals surface area contributed by atoms with Gasteiger partial charge < -0.3 is 9.88 Å². The van der Waals surface area contributed by atoms with Gasteiger partial charge in [0, 0.05) is 25.2 Å². The Morgan fingerprint density at radius 3 is 2.94 bits per heavy atom. The van der Waals surface area contributed by atoms with Crippen LogP contribution in [-0.2, 0) is 0 Å². The first-order chi connectivity index (χ1) is 8.56. The van der Waals surface area contributed by atoms with Gasteiger partial charge in [0.2, 0.25) is 0 Å². The molecule has 2 aromatic heterocycles. The summed E-state index contributed by atoms with van der Waals surface area (Å²) >= 11 is 6.14. The molecule has 0 aliphatic rings. The Balaban J connectivity index is 2.72. The maximum atomic E-state index is 12.1. The van der Waals surface area contributed by atoms with E-state index in [0.717, 1.165) is 0 Å². The van der Waals surface area contributed by atoms with Gasteiger partial charge >= 0.3 is 0 Å². The summed E-state index contributed by atoms with van der Waals surface area (Å²) in [4.78, 5) is 31.9. The third kappa shape index (κ3) is 1.97. The van der Waals surface area contributed by atoms with Gasteiger partial charge in [0.1, 0.15) is 11.2 Å². The zero-order valence-corrected chi connectivity index (χ0v) is 10.8.